The number of carbonyl (C=O) groups excluding carboxylic acids is 2. The summed E-state index contributed by atoms with van der Waals surface area (Å²) in [6.45, 7) is 1.36. The summed E-state index contributed by atoms with van der Waals surface area (Å²) in [4.78, 5) is 24.7. The van der Waals surface area contributed by atoms with Crippen molar-refractivity contribution in [1.82, 2.24) is 15.2 Å². The van der Waals surface area contributed by atoms with Gasteiger partial charge in [0, 0.05) is 44.4 Å². The van der Waals surface area contributed by atoms with Crippen LogP contribution in [0, 0.1) is 0 Å². The Balaban J connectivity index is 1.96. The number of amides is 2. The van der Waals surface area contributed by atoms with E-state index in [2.05, 4.69) is 27.3 Å². The molecular weight excluding hydrogens is 278 g/mol. The van der Waals surface area contributed by atoms with Gasteiger partial charge in [0.25, 0.3) is 11.8 Å². The summed E-state index contributed by atoms with van der Waals surface area (Å²) in [7, 11) is 1.61. The molecule has 0 fully saturated rings. The largest absolute Gasteiger partial charge is 0.355 e. The maximum Gasteiger partial charge on any atom is 0.253 e. The maximum absolute atomic E-state index is 12.4. The van der Waals surface area contributed by atoms with Gasteiger partial charge in [0.1, 0.15) is 0 Å². The van der Waals surface area contributed by atoms with Crippen LogP contribution in [-0.2, 0) is 19.4 Å². The van der Waals surface area contributed by atoms with Crippen LogP contribution in [0.2, 0.25) is 0 Å². The Bertz CT molecular complexity index is 804. The fraction of sp³-hybridized carbons (Fsp3) is 0.294. The van der Waals surface area contributed by atoms with Crippen molar-refractivity contribution in [2.45, 2.75) is 19.4 Å². The van der Waals surface area contributed by atoms with Gasteiger partial charge < -0.3 is 15.2 Å². The highest BCUT2D eigenvalue weighted by molar-refractivity contribution is 6.09. The molecule has 2 aliphatic rings. The predicted molar refractivity (Wildman–Crippen MR) is 82.2 cm³/mol. The first-order chi connectivity index (χ1) is 10.7. The zero-order valence-corrected chi connectivity index (χ0v) is 12.4. The van der Waals surface area contributed by atoms with E-state index in [0.717, 1.165) is 24.4 Å². The highest BCUT2D eigenvalue weighted by Gasteiger charge is 2.34. The second-order valence-corrected chi connectivity index (χ2v) is 5.76. The van der Waals surface area contributed by atoms with E-state index in [9.17, 15) is 9.59 Å². The summed E-state index contributed by atoms with van der Waals surface area (Å²) in [5, 5.41) is 5.54. The second kappa shape index (κ2) is 4.73. The smallest absolute Gasteiger partial charge is 0.253 e. The lowest BCUT2D eigenvalue weighted by Gasteiger charge is -2.22. The third kappa shape index (κ3) is 1.71. The van der Waals surface area contributed by atoms with Crippen molar-refractivity contribution in [2.75, 3.05) is 13.6 Å². The quantitative estimate of drug-likeness (QED) is 0.706. The summed E-state index contributed by atoms with van der Waals surface area (Å²) in [6, 6.07) is 8.27. The van der Waals surface area contributed by atoms with Crippen LogP contribution >= 0.6 is 0 Å². The van der Waals surface area contributed by atoms with Gasteiger partial charge in [0.2, 0.25) is 0 Å². The van der Waals surface area contributed by atoms with Crippen molar-refractivity contribution in [3.8, 4) is 0 Å². The highest BCUT2D eigenvalue weighted by Crippen LogP contribution is 2.33. The Labute approximate surface area is 128 Å². The average Bonchev–Trinajstić information content (AvgIpc) is 2.87. The van der Waals surface area contributed by atoms with Crippen LogP contribution in [0.3, 0.4) is 0 Å². The number of benzene rings is 1. The van der Waals surface area contributed by atoms with Crippen LogP contribution in [-0.4, -0.2) is 30.0 Å². The molecule has 2 aliphatic heterocycles. The molecule has 0 spiro atoms. The number of rotatable bonds is 1. The molecule has 0 atom stereocenters. The van der Waals surface area contributed by atoms with E-state index in [0.29, 0.717) is 24.1 Å². The normalized spacial score (nSPS) is 15.4. The van der Waals surface area contributed by atoms with Crippen molar-refractivity contribution >= 4 is 11.8 Å². The molecule has 2 amide bonds. The van der Waals surface area contributed by atoms with Gasteiger partial charge in [-0.3, -0.25) is 9.59 Å². The molecule has 5 heteroatoms. The highest BCUT2D eigenvalue weighted by atomic mass is 16.2. The van der Waals surface area contributed by atoms with Crippen molar-refractivity contribution in [3.05, 3.63) is 57.9 Å². The van der Waals surface area contributed by atoms with Crippen LogP contribution in [0.4, 0.5) is 0 Å². The van der Waals surface area contributed by atoms with E-state index >= 15 is 0 Å². The number of nitrogens with zero attached hydrogens (tertiary/aromatic N) is 1. The maximum atomic E-state index is 12.4. The summed E-state index contributed by atoms with van der Waals surface area (Å²) in [5.74, 6) is -0.313. The fourth-order valence-corrected chi connectivity index (χ4v) is 3.59. The summed E-state index contributed by atoms with van der Waals surface area (Å²) >= 11 is 0. The minimum atomic E-state index is -0.179. The zero-order valence-electron chi connectivity index (χ0n) is 12.4. The molecule has 22 heavy (non-hydrogen) atoms. The second-order valence-electron chi connectivity index (χ2n) is 5.76. The van der Waals surface area contributed by atoms with Gasteiger partial charge in [-0.05, 0) is 11.1 Å². The van der Waals surface area contributed by atoms with E-state index in [1.807, 2.05) is 12.1 Å². The Morgan fingerprint density at radius 1 is 1.23 bits per heavy atom. The SMILES string of the molecule is CNC(=O)c1c2c(n3c1Cc1ccccc1C3)CCNC2=O. The van der Waals surface area contributed by atoms with Crippen LogP contribution in [0.1, 0.15) is 43.2 Å². The molecule has 4 rings (SSSR count). The number of carbonyl (C=O) groups is 2. The lowest BCUT2D eigenvalue weighted by Crippen LogP contribution is -2.34. The first-order valence-electron chi connectivity index (χ1n) is 7.52. The van der Waals surface area contributed by atoms with Crippen LogP contribution in [0.15, 0.2) is 24.3 Å². The Hall–Kier alpha value is -2.56. The van der Waals surface area contributed by atoms with Crippen molar-refractivity contribution in [1.29, 1.82) is 0 Å². The molecule has 0 bridgehead atoms. The minimum absolute atomic E-state index is 0.134. The van der Waals surface area contributed by atoms with Gasteiger partial charge in [0.15, 0.2) is 0 Å². The summed E-state index contributed by atoms with van der Waals surface area (Å²) in [6.07, 6.45) is 1.46. The molecule has 0 radical (unpaired) electrons. The van der Waals surface area contributed by atoms with E-state index in [1.165, 1.54) is 11.1 Å². The molecule has 0 unspecified atom stereocenters. The van der Waals surface area contributed by atoms with Gasteiger partial charge in [-0.2, -0.15) is 0 Å². The fourth-order valence-electron chi connectivity index (χ4n) is 3.59. The van der Waals surface area contributed by atoms with E-state index in [1.54, 1.807) is 7.05 Å². The molecule has 0 saturated heterocycles. The topological polar surface area (TPSA) is 63.1 Å². The predicted octanol–water partition coefficient (Wildman–Crippen LogP) is 1.09. The lowest BCUT2D eigenvalue weighted by atomic mass is 9.96. The third-order valence-corrected chi connectivity index (χ3v) is 4.61. The van der Waals surface area contributed by atoms with Crippen molar-refractivity contribution in [2.24, 2.45) is 0 Å². The van der Waals surface area contributed by atoms with E-state index in [4.69, 9.17) is 0 Å². The average molecular weight is 295 g/mol. The number of nitrogens with one attached hydrogen (secondary N) is 2. The number of hydrogen-bond donors (Lipinski definition) is 2. The molecule has 5 nitrogen and oxygen atoms in total. The molecule has 1 aromatic heterocycles. The van der Waals surface area contributed by atoms with Crippen LogP contribution < -0.4 is 10.6 Å². The Morgan fingerprint density at radius 3 is 2.77 bits per heavy atom. The van der Waals surface area contributed by atoms with Crippen molar-refractivity contribution in [3.63, 3.8) is 0 Å². The first kappa shape index (κ1) is 13.1. The Kier molecular flexibility index (Phi) is 2.82. The molecule has 0 aliphatic carbocycles. The van der Waals surface area contributed by atoms with E-state index in [-0.39, 0.29) is 11.8 Å². The minimum Gasteiger partial charge on any atom is -0.355 e. The van der Waals surface area contributed by atoms with Gasteiger partial charge in [-0.25, -0.2) is 0 Å². The van der Waals surface area contributed by atoms with Gasteiger partial charge in [0.05, 0.1) is 11.1 Å². The van der Waals surface area contributed by atoms with Crippen molar-refractivity contribution < 1.29 is 9.59 Å². The van der Waals surface area contributed by atoms with Gasteiger partial charge in [-0.1, -0.05) is 24.3 Å². The first-order valence-corrected chi connectivity index (χ1v) is 7.52. The molecular formula is C17H17N3O2. The standard InChI is InChI=1S/C17H17N3O2/c1-18-16(21)15-13-8-10-4-2-3-5-11(10)9-20(13)12-6-7-19-17(22)14(12)15/h2-5H,6-9H2,1H3,(H,18,21)(H,19,22). The summed E-state index contributed by atoms with van der Waals surface area (Å²) < 4.78 is 2.17. The third-order valence-electron chi connectivity index (χ3n) is 4.61. The molecule has 3 heterocycles. The monoisotopic (exact) mass is 295 g/mol. The molecule has 0 saturated carbocycles. The lowest BCUT2D eigenvalue weighted by molar-refractivity contribution is 0.0919. The van der Waals surface area contributed by atoms with Crippen LogP contribution in [0.25, 0.3) is 0 Å². The Morgan fingerprint density at radius 2 is 2.00 bits per heavy atom. The molecule has 1 aromatic carbocycles. The number of hydrogen-bond acceptors (Lipinski definition) is 2. The molecule has 2 N–H and O–H groups in total. The number of aromatic nitrogens is 1. The van der Waals surface area contributed by atoms with Gasteiger partial charge >= 0.3 is 0 Å². The molecule has 2 aromatic rings. The summed E-state index contributed by atoms with van der Waals surface area (Å²) in [5.41, 5.74) is 5.56. The van der Waals surface area contributed by atoms with E-state index < -0.39 is 0 Å². The number of fused-ring (bicyclic) bond motifs is 4. The molecule has 112 valence electrons. The van der Waals surface area contributed by atoms with Gasteiger partial charge in [-0.15, -0.1) is 0 Å². The zero-order chi connectivity index (χ0) is 15.3. The van der Waals surface area contributed by atoms with Crippen LogP contribution in [0.5, 0.6) is 0 Å².